The molecule has 0 fully saturated rings. The smallest absolute Gasteiger partial charge is 0.0794 e. The minimum atomic E-state index is -0.601. The summed E-state index contributed by atoms with van der Waals surface area (Å²) in [5.74, 6) is 0. The maximum absolute atomic E-state index is 11.3. The molecule has 198 valence electrons. The molecule has 1 atom stereocenters. The number of aliphatic hydroxyl groups excluding tert-OH is 1. The Kier molecular flexibility index (Phi) is 10.3. The van der Waals surface area contributed by atoms with Crippen LogP contribution in [-0.4, -0.2) is 60.1 Å². The van der Waals surface area contributed by atoms with Gasteiger partial charge in [0.05, 0.1) is 34.6 Å². The summed E-state index contributed by atoms with van der Waals surface area (Å²) in [6.07, 6.45) is 6.62. The van der Waals surface area contributed by atoms with Crippen molar-refractivity contribution in [2.75, 3.05) is 18.4 Å². The highest BCUT2D eigenvalue weighted by atomic mass is 16.3. The van der Waals surface area contributed by atoms with E-state index < -0.39 is 6.10 Å². The predicted octanol–water partition coefficient (Wildman–Crippen LogP) is 4.15. The molecule has 2 N–H and O–H groups in total. The monoisotopic (exact) mass is 511 g/mol. The maximum Gasteiger partial charge on any atom is 0.0794 e. The predicted molar refractivity (Wildman–Crippen MR) is 150 cm³/mol. The van der Waals surface area contributed by atoms with Gasteiger partial charge in [0.1, 0.15) is 0 Å². The summed E-state index contributed by atoms with van der Waals surface area (Å²) in [5, 5.41) is 14.8. The van der Waals surface area contributed by atoms with E-state index in [1.807, 2.05) is 66.9 Å². The zero-order valence-electron chi connectivity index (χ0n) is 22.2. The van der Waals surface area contributed by atoms with Crippen LogP contribution >= 0.6 is 0 Å². The minimum absolute atomic E-state index is 0.291. The second-order valence-corrected chi connectivity index (χ2v) is 9.75. The number of hydrogen-bond donors (Lipinski definition) is 2. The molecule has 8 heteroatoms. The van der Waals surface area contributed by atoms with E-state index in [9.17, 15) is 5.11 Å². The quantitative estimate of drug-likeness (QED) is 0.261. The Morgan fingerprint density at radius 3 is 1.55 bits per heavy atom. The molecule has 0 aromatic carbocycles. The summed E-state index contributed by atoms with van der Waals surface area (Å²) >= 11 is 0. The Hall–Kier alpha value is -3.72. The summed E-state index contributed by atoms with van der Waals surface area (Å²) in [4.78, 5) is 22.6. The van der Waals surface area contributed by atoms with Crippen molar-refractivity contribution in [2.45, 2.75) is 52.2 Å². The lowest BCUT2D eigenvalue weighted by molar-refractivity contribution is 0.0615. The van der Waals surface area contributed by atoms with E-state index in [1.54, 1.807) is 18.6 Å². The molecule has 0 amide bonds. The van der Waals surface area contributed by atoms with Crippen LogP contribution in [0.3, 0.4) is 0 Å². The lowest BCUT2D eigenvalue weighted by Gasteiger charge is -2.29. The van der Waals surface area contributed by atoms with Gasteiger partial charge in [0.2, 0.25) is 0 Å². The second-order valence-electron chi connectivity index (χ2n) is 9.75. The molecule has 0 spiro atoms. The standard InChI is InChI=1S/C30H37N7O/c1-24(2)35-29-13-9-17-34-30(29)23-37(20-27-12-5-8-16-33-27)22-28(38)21-36(18-25-10-3-6-14-31-25)19-26-11-4-7-15-32-26/h3-17,24,28,35,38H,18-23H2,1-2H3. The number of hydrogen-bond acceptors (Lipinski definition) is 8. The first-order chi connectivity index (χ1) is 18.5. The van der Waals surface area contributed by atoms with Crippen molar-refractivity contribution in [1.82, 2.24) is 29.7 Å². The van der Waals surface area contributed by atoms with Crippen LogP contribution in [0.5, 0.6) is 0 Å². The van der Waals surface area contributed by atoms with E-state index in [4.69, 9.17) is 0 Å². The molecule has 38 heavy (non-hydrogen) atoms. The third kappa shape index (κ3) is 8.99. The van der Waals surface area contributed by atoms with E-state index >= 15 is 0 Å². The van der Waals surface area contributed by atoms with Crippen molar-refractivity contribution >= 4 is 5.69 Å². The Balaban J connectivity index is 1.49. The normalized spacial score (nSPS) is 12.3. The highest BCUT2D eigenvalue weighted by molar-refractivity contribution is 5.48. The summed E-state index contributed by atoms with van der Waals surface area (Å²) < 4.78 is 0. The van der Waals surface area contributed by atoms with E-state index in [0.29, 0.717) is 45.3 Å². The molecule has 4 rings (SSSR count). The minimum Gasteiger partial charge on any atom is -0.390 e. The number of nitrogens with one attached hydrogen (secondary N) is 1. The van der Waals surface area contributed by atoms with Gasteiger partial charge in [-0.05, 0) is 62.4 Å². The summed E-state index contributed by atoms with van der Waals surface area (Å²) in [7, 11) is 0. The topological polar surface area (TPSA) is 90.3 Å². The first-order valence-corrected chi connectivity index (χ1v) is 13.1. The van der Waals surface area contributed by atoms with Gasteiger partial charge in [0.15, 0.2) is 0 Å². The highest BCUT2D eigenvalue weighted by Crippen LogP contribution is 2.18. The van der Waals surface area contributed by atoms with E-state index in [0.717, 1.165) is 28.5 Å². The molecular formula is C30H37N7O. The molecule has 0 aliphatic rings. The molecule has 0 aliphatic heterocycles. The van der Waals surface area contributed by atoms with Gasteiger partial charge in [-0.2, -0.15) is 0 Å². The van der Waals surface area contributed by atoms with Crippen LogP contribution in [0.4, 0.5) is 5.69 Å². The SMILES string of the molecule is CC(C)Nc1cccnc1CN(Cc1ccccn1)CC(O)CN(Cc1ccccn1)Cc1ccccn1. The molecule has 0 saturated heterocycles. The Bertz CT molecular complexity index is 1170. The molecule has 0 bridgehead atoms. The van der Waals surface area contributed by atoms with Crippen molar-refractivity contribution in [1.29, 1.82) is 0 Å². The molecular weight excluding hydrogens is 474 g/mol. The molecule has 4 heterocycles. The molecule has 0 aliphatic carbocycles. The molecule has 4 aromatic rings. The van der Waals surface area contributed by atoms with Crippen molar-refractivity contribution < 1.29 is 5.11 Å². The van der Waals surface area contributed by atoms with Gasteiger partial charge in [-0.25, -0.2) is 0 Å². The van der Waals surface area contributed by atoms with Crippen LogP contribution in [-0.2, 0) is 26.2 Å². The zero-order valence-corrected chi connectivity index (χ0v) is 22.2. The fourth-order valence-corrected chi connectivity index (χ4v) is 4.40. The number of aliphatic hydroxyl groups is 1. The van der Waals surface area contributed by atoms with Crippen LogP contribution in [0.15, 0.2) is 91.5 Å². The lowest BCUT2D eigenvalue weighted by Crippen LogP contribution is -2.40. The van der Waals surface area contributed by atoms with E-state index in [2.05, 4.69) is 55.0 Å². The lowest BCUT2D eigenvalue weighted by atomic mass is 10.2. The van der Waals surface area contributed by atoms with Gasteiger partial charge >= 0.3 is 0 Å². The molecule has 0 saturated carbocycles. The van der Waals surface area contributed by atoms with Gasteiger partial charge in [-0.1, -0.05) is 18.2 Å². The second kappa shape index (κ2) is 14.3. The highest BCUT2D eigenvalue weighted by Gasteiger charge is 2.20. The van der Waals surface area contributed by atoms with Crippen LogP contribution in [0.1, 0.15) is 36.6 Å². The van der Waals surface area contributed by atoms with Gasteiger partial charge in [-0.3, -0.25) is 29.7 Å². The largest absolute Gasteiger partial charge is 0.390 e. The van der Waals surface area contributed by atoms with Gasteiger partial charge in [0.25, 0.3) is 0 Å². The summed E-state index contributed by atoms with van der Waals surface area (Å²) in [6.45, 7) is 7.61. The van der Waals surface area contributed by atoms with Gasteiger partial charge in [0, 0.05) is 70.1 Å². The average molecular weight is 512 g/mol. The molecule has 1 unspecified atom stereocenters. The van der Waals surface area contributed by atoms with Crippen LogP contribution < -0.4 is 5.32 Å². The number of anilines is 1. The number of aromatic nitrogens is 4. The first kappa shape index (κ1) is 27.3. The number of rotatable bonds is 14. The first-order valence-electron chi connectivity index (χ1n) is 13.1. The molecule has 4 aromatic heterocycles. The molecule has 0 radical (unpaired) electrons. The third-order valence-electron chi connectivity index (χ3n) is 5.98. The van der Waals surface area contributed by atoms with Gasteiger partial charge < -0.3 is 10.4 Å². The summed E-state index contributed by atoms with van der Waals surface area (Å²) in [6, 6.07) is 22.0. The van der Waals surface area contributed by atoms with Crippen LogP contribution in [0, 0.1) is 0 Å². The van der Waals surface area contributed by atoms with Crippen molar-refractivity contribution in [3.63, 3.8) is 0 Å². The summed E-state index contributed by atoms with van der Waals surface area (Å²) in [5.41, 5.74) is 4.82. The van der Waals surface area contributed by atoms with E-state index in [1.165, 1.54) is 0 Å². The number of pyridine rings is 4. The third-order valence-corrected chi connectivity index (χ3v) is 5.98. The van der Waals surface area contributed by atoms with Crippen molar-refractivity contribution in [3.05, 3.63) is 114 Å². The number of nitrogens with zero attached hydrogens (tertiary/aromatic N) is 6. The van der Waals surface area contributed by atoms with E-state index in [-0.39, 0.29) is 0 Å². The maximum atomic E-state index is 11.3. The van der Waals surface area contributed by atoms with Crippen molar-refractivity contribution in [3.8, 4) is 0 Å². The fraction of sp³-hybridized carbons (Fsp3) is 0.333. The fourth-order valence-electron chi connectivity index (χ4n) is 4.40. The Morgan fingerprint density at radius 1 is 0.632 bits per heavy atom. The van der Waals surface area contributed by atoms with Crippen LogP contribution in [0.2, 0.25) is 0 Å². The Labute approximate surface area is 225 Å². The van der Waals surface area contributed by atoms with Gasteiger partial charge in [-0.15, -0.1) is 0 Å². The Morgan fingerprint density at radius 2 is 1.11 bits per heavy atom. The zero-order chi connectivity index (χ0) is 26.6. The van der Waals surface area contributed by atoms with Crippen LogP contribution in [0.25, 0.3) is 0 Å². The average Bonchev–Trinajstić information content (AvgIpc) is 2.91. The molecule has 8 nitrogen and oxygen atoms in total. The van der Waals surface area contributed by atoms with Crippen molar-refractivity contribution in [2.24, 2.45) is 0 Å².